The van der Waals surface area contributed by atoms with Crippen LogP contribution < -0.4 is 0 Å². The molecule has 0 unspecified atom stereocenters. The topological polar surface area (TPSA) is 20.2 Å². The number of aliphatic hydroxyl groups excluding tert-OH is 1. The molecule has 12 heavy (non-hydrogen) atoms. The van der Waals surface area contributed by atoms with Crippen molar-refractivity contribution in [2.45, 2.75) is 6.10 Å². The third-order valence-electron chi connectivity index (χ3n) is 1.49. The Morgan fingerprint density at radius 2 is 2.08 bits per heavy atom. The summed E-state index contributed by atoms with van der Waals surface area (Å²) in [5, 5.41) is 9.37. The molecule has 0 aromatic heterocycles. The first-order valence-electron chi connectivity index (χ1n) is 3.34. The molecule has 0 saturated carbocycles. The van der Waals surface area contributed by atoms with Crippen LogP contribution in [0.1, 0.15) is 11.7 Å². The lowest BCUT2D eigenvalue weighted by Gasteiger charge is -2.07. The second kappa shape index (κ2) is 3.96. The van der Waals surface area contributed by atoms with E-state index in [0.717, 1.165) is 6.07 Å². The summed E-state index contributed by atoms with van der Waals surface area (Å²) >= 11 is 2.97. The third-order valence-corrected chi connectivity index (χ3v) is 2.10. The van der Waals surface area contributed by atoms with E-state index in [9.17, 15) is 13.9 Å². The van der Waals surface area contributed by atoms with Gasteiger partial charge in [0, 0.05) is 10.9 Å². The van der Waals surface area contributed by atoms with Crippen LogP contribution in [0.2, 0.25) is 0 Å². The maximum Gasteiger partial charge on any atom is 0.164 e. The predicted molar refractivity (Wildman–Crippen MR) is 45.1 cm³/mol. The number of aliphatic hydroxyl groups is 1. The van der Waals surface area contributed by atoms with Crippen LogP contribution >= 0.6 is 15.9 Å². The minimum Gasteiger partial charge on any atom is -0.387 e. The van der Waals surface area contributed by atoms with Crippen molar-refractivity contribution in [1.29, 1.82) is 0 Å². The molecule has 0 spiro atoms. The molecule has 1 N–H and O–H groups in total. The van der Waals surface area contributed by atoms with E-state index in [1.165, 1.54) is 12.1 Å². The average Bonchev–Trinajstić information content (AvgIpc) is 2.08. The fourth-order valence-electron chi connectivity index (χ4n) is 0.861. The maximum atomic E-state index is 12.9. The van der Waals surface area contributed by atoms with E-state index in [4.69, 9.17) is 0 Å². The molecule has 0 aliphatic heterocycles. The van der Waals surface area contributed by atoms with Gasteiger partial charge in [0.1, 0.15) is 0 Å². The van der Waals surface area contributed by atoms with Crippen molar-refractivity contribution in [3.8, 4) is 0 Å². The highest BCUT2D eigenvalue weighted by molar-refractivity contribution is 9.09. The molecule has 0 aliphatic carbocycles. The van der Waals surface area contributed by atoms with Crippen LogP contribution in [0, 0.1) is 11.6 Å². The van der Waals surface area contributed by atoms with Gasteiger partial charge in [0.05, 0.1) is 6.10 Å². The first-order chi connectivity index (χ1) is 5.66. The number of hydrogen-bond donors (Lipinski definition) is 1. The quantitative estimate of drug-likeness (QED) is 0.783. The third kappa shape index (κ3) is 1.81. The molecular weight excluding hydrogens is 230 g/mol. The van der Waals surface area contributed by atoms with Gasteiger partial charge in [0.15, 0.2) is 11.6 Å². The van der Waals surface area contributed by atoms with Crippen molar-refractivity contribution in [2.24, 2.45) is 0 Å². The Balaban J connectivity index is 3.07. The second-order valence-electron chi connectivity index (χ2n) is 2.31. The maximum absolute atomic E-state index is 12.9. The SMILES string of the molecule is O[C@H](CBr)c1cccc(F)c1F. The van der Waals surface area contributed by atoms with Crippen LogP contribution in [0.15, 0.2) is 18.2 Å². The van der Waals surface area contributed by atoms with E-state index in [1.54, 1.807) is 0 Å². The Morgan fingerprint density at radius 1 is 1.42 bits per heavy atom. The standard InChI is InChI=1S/C8H7BrF2O/c9-4-7(12)5-2-1-3-6(10)8(5)11/h1-3,7,12H,4H2/t7-/m1/s1. The van der Waals surface area contributed by atoms with Crippen molar-refractivity contribution in [1.82, 2.24) is 0 Å². The first kappa shape index (κ1) is 9.61. The van der Waals surface area contributed by atoms with E-state index in [0.29, 0.717) is 0 Å². The van der Waals surface area contributed by atoms with Crippen molar-refractivity contribution in [2.75, 3.05) is 5.33 Å². The van der Waals surface area contributed by atoms with Crippen molar-refractivity contribution in [3.05, 3.63) is 35.4 Å². The van der Waals surface area contributed by atoms with E-state index < -0.39 is 17.7 Å². The summed E-state index contributed by atoms with van der Waals surface area (Å²) in [5.41, 5.74) is -0.0214. The van der Waals surface area contributed by atoms with Crippen LogP contribution in [-0.4, -0.2) is 10.4 Å². The van der Waals surface area contributed by atoms with Gasteiger partial charge in [-0.3, -0.25) is 0 Å². The predicted octanol–water partition coefficient (Wildman–Crippen LogP) is 2.39. The highest BCUT2D eigenvalue weighted by Gasteiger charge is 2.13. The molecule has 0 amide bonds. The number of hydrogen-bond acceptors (Lipinski definition) is 1. The molecule has 0 heterocycles. The lowest BCUT2D eigenvalue weighted by molar-refractivity contribution is 0.198. The Hall–Kier alpha value is -0.480. The Morgan fingerprint density at radius 3 is 2.67 bits per heavy atom. The van der Waals surface area contributed by atoms with Gasteiger partial charge < -0.3 is 5.11 Å². The highest BCUT2D eigenvalue weighted by atomic mass is 79.9. The molecule has 0 radical (unpaired) electrons. The van der Waals surface area contributed by atoms with E-state index in [2.05, 4.69) is 15.9 Å². The Kier molecular flexibility index (Phi) is 3.17. The molecule has 0 aliphatic rings. The molecule has 4 heteroatoms. The monoisotopic (exact) mass is 236 g/mol. The molecule has 66 valence electrons. The van der Waals surface area contributed by atoms with E-state index in [-0.39, 0.29) is 10.9 Å². The number of benzene rings is 1. The average molecular weight is 237 g/mol. The fraction of sp³-hybridized carbons (Fsp3) is 0.250. The summed E-state index contributed by atoms with van der Waals surface area (Å²) in [6, 6.07) is 3.73. The van der Waals surface area contributed by atoms with Crippen molar-refractivity contribution >= 4 is 15.9 Å². The summed E-state index contributed by atoms with van der Waals surface area (Å²) in [6.45, 7) is 0. The number of alkyl halides is 1. The molecule has 1 nitrogen and oxygen atoms in total. The van der Waals surface area contributed by atoms with Crippen LogP contribution in [-0.2, 0) is 0 Å². The Labute approximate surface area is 77.2 Å². The molecule has 1 aromatic carbocycles. The normalized spacial score (nSPS) is 13.0. The van der Waals surface area contributed by atoms with Gasteiger partial charge in [-0.05, 0) is 6.07 Å². The summed E-state index contributed by atoms with van der Waals surface area (Å²) in [4.78, 5) is 0. The summed E-state index contributed by atoms with van der Waals surface area (Å²) in [5.74, 6) is -1.92. The lowest BCUT2D eigenvalue weighted by atomic mass is 10.1. The van der Waals surface area contributed by atoms with Gasteiger partial charge in [-0.15, -0.1) is 0 Å². The van der Waals surface area contributed by atoms with Gasteiger partial charge in [-0.2, -0.15) is 0 Å². The smallest absolute Gasteiger partial charge is 0.164 e. The second-order valence-corrected chi connectivity index (χ2v) is 2.96. The molecule has 0 saturated heterocycles. The zero-order valence-electron chi connectivity index (χ0n) is 6.10. The van der Waals surface area contributed by atoms with Gasteiger partial charge in [0.2, 0.25) is 0 Å². The molecule has 0 bridgehead atoms. The molecule has 0 fully saturated rings. The van der Waals surface area contributed by atoms with Gasteiger partial charge in [-0.1, -0.05) is 28.1 Å². The fourth-order valence-corrected chi connectivity index (χ4v) is 1.21. The van der Waals surface area contributed by atoms with Crippen LogP contribution in [0.25, 0.3) is 0 Å². The van der Waals surface area contributed by atoms with Crippen molar-refractivity contribution < 1.29 is 13.9 Å². The van der Waals surface area contributed by atoms with E-state index in [1.807, 2.05) is 0 Å². The van der Waals surface area contributed by atoms with Gasteiger partial charge in [0.25, 0.3) is 0 Å². The highest BCUT2D eigenvalue weighted by Crippen LogP contribution is 2.20. The molecular formula is C8H7BrF2O. The molecule has 1 atom stereocenters. The zero-order valence-corrected chi connectivity index (χ0v) is 7.68. The largest absolute Gasteiger partial charge is 0.387 e. The number of rotatable bonds is 2. The first-order valence-corrected chi connectivity index (χ1v) is 4.47. The zero-order chi connectivity index (χ0) is 9.14. The van der Waals surface area contributed by atoms with Gasteiger partial charge in [-0.25, -0.2) is 8.78 Å². The van der Waals surface area contributed by atoms with E-state index >= 15 is 0 Å². The van der Waals surface area contributed by atoms with Crippen molar-refractivity contribution in [3.63, 3.8) is 0 Å². The minimum absolute atomic E-state index is 0.0214. The molecule has 1 aromatic rings. The van der Waals surface area contributed by atoms with Crippen LogP contribution in [0.3, 0.4) is 0 Å². The molecule has 1 rings (SSSR count). The van der Waals surface area contributed by atoms with Gasteiger partial charge >= 0.3 is 0 Å². The summed E-state index contributed by atoms with van der Waals surface area (Å²) in [6.07, 6.45) is -0.999. The summed E-state index contributed by atoms with van der Waals surface area (Å²) < 4.78 is 25.5. The van der Waals surface area contributed by atoms with Crippen LogP contribution in [0.4, 0.5) is 8.78 Å². The Bertz CT molecular complexity index is 278. The summed E-state index contributed by atoms with van der Waals surface area (Å²) in [7, 11) is 0. The lowest BCUT2D eigenvalue weighted by Crippen LogP contribution is -2.02. The number of halogens is 3. The van der Waals surface area contributed by atoms with Crippen LogP contribution in [0.5, 0.6) is 0 Å². The minimum atomic E-state index is -0.999.